The Bertz CT molecular complexity index is 1020. The van der Waals surface area contributed by atoms with E-state index in [1.807, 2.05) is 24.3 Å². The highest BCUT2D eigenvalue weighted by Crippen LogP contribution is 2.33. The van der Waals surface area contributed by atoms with Crippen molar-refractivity contribution in [2.45, 2.75) is 44.7 Å². The summed E-state index contributed by atoms with van der Waals surface area (Å²) in [5, 5.41) is 13.3. The number of nitro groups is 1. The minimum absolute atomic E-state index is 0.127. The highest BCUT2D eigenvalue weighted by molar-refractivity contribution is 7.07. The molecule has 1 aliphatic rings. The first-order chi connectivity index (χ1) is 13.7. The maximum absolute atomic E-state index is 11.2. The maximum atomic E-state index is 11.2. The van der Waals surface area contributed by atoms with Crippen molar-refractivity contribution in [1.82, 2.24) is 4.57 Å². The van der Waals surface area contributed by atoms with Gasteiger partial charge in [0.2, 0.25) is 0 Å². The first-order valence-corrected chi connectivity index (χ1v) is 10.6. The van der Waals surface area contributed by atoms with E-state index < -0.39 is 0 Å². The number of nitro benzene ring substituents is 1. The maximum Gasteiger partial charge on any atom is 0.270 e. The van der Waals surface area contributed by atoms with Crippen molar-refractivity contribution in [1.29, 1.82) is 0 Å². The molecule has 1 aromatic heterocycles. The number of thiazole rings is 1. The highest BCUT2D eigenvalue weighted by Gasteiger charge is 2.21. The Morgan fingerprint density at radius 3 is 2.61 bits per heavy atom. The van der Waals surface area contributed by atoms with Crippen molar-refractivity contribution in [3.8, 4) is 11.3 Å². The van der Waals surface area contributed by atoms with Crippen molar-refractivity contribution < 1.29 is 4.92 Å². The number of rotatable bonds is 5. The summed E-state index contributed by atoms with van der Waals surface area (Å²) in [7, 11) is 0. The van der Waals surface area contributed by atoms with Gasteiger partial charge in [0.1, 0.15) is 0 Å². The summed E-state index contributed by atoms with van der Waals surface area (Å²) in [5.74, 6) is 0. The van der Waals surface area contributed by atoms with E-state index in [0.717, 1.165) is 28.9 Å². The van der Waals surface area contributed by atoms with Gasteiger partial charge in [0, 0.05) is 29.1 Å². The van der Waals surface area contributed by atoms with Crippen LogP contribution in [-0.2, 0) is 6.54 Å². The first-order valence-electron chi connectivity index (χ1n) is 9.71. The quantitative estimate of drug-likeness (QED) is 0.410. The molecular formula is C22H23N3O2S. The van der Waals surface area contributed by atoms with Crippen LogP contribution in [0.3, 0.4) is 0 Å². The van der Waals surface area contributed by atoms with Crippen LogP contribution in [0.15, 0.2) is 65.0 Å². The van der Waals surface area contributed by atoms with Crippen LogP contribution in [0.5, 0.6) is 0 Å². The number of hydrogen-bond donors (Lipinski definition) is 0. The van der Waals surface area contributed by atoms with Crippen molar-refractivity contribution in [2.24, 2.45) is 4.99 Å². The van der Waals surface area contributed by atoms with E-state index in [1.54, 1.807) is 29.5 Å². The summed E-state index contributed by atoms with van der Waals surface area (Å²) in [4.78, 5) is 16.8. The van der Waals surface area contributed by atoms with Gasteiger partial charge in [0.15, 0.2) is 4.80 Å². The van der Waals surface area contributed by atoms with E-state index in [0.29, 0.717) is 12.6 Å². The third kappa shape index (κ3) is 4.07. The topological polar surface area (TPSA) is 60.4 Å². The van der Waals surface area contributed by atoms with Gasteiger partial charge >= 0.3 is 0 Å². The fraction of sp³-hybridized carbons (Fsp3) is 0.318. The molecule has 28 heavy (non-hydrogen) atoms. The van der Waals surface area contributed by atoms with Crippen molar-refractivity contribution in [3.63, 3.8) is 0 Å². The van der Waals surface area contributed by atoms with Crippen LogP contribution in [0.2, 0.25) is 0 Å². The van der Waals surface area contributed by atoms with E-state index in [2.05, 4.69) is 22.1 Å². The van der Waals surface area contributed by atoms with E-state index >= 15 is 0 Å². The number of benzene rings is 2. The zero-order valence-corrected chi connectivity index (χ0v) is 16.5. The third-order valence-corrected chi connectivity index (χ3v) is 6.15. The Morgan fingerprint density at radius 1 is 1.07 bits per heavy atom. The molecule has 4 rings (SSSR count). The van der Waals surface area contributed by atoms with Gasteiger partial charge in [-0.15, -0.1) is 11.3 Å². The fourth-order valence-corrected chi connectivity index (χ4v) is 4.83. The zero-order chi connectivity index (χ0) is 19.3. The van der Waals surface area contributed by atoms with Crippen molar-refractivity contribution in [2.75, 3.05) is 0 Å². The number of aromatic nitrogens is 1. The summed E-state index contributed by atoms with van der Waals surface area (Å²) >= 11 is 1.62. The Labute approximate surface area is 168 Å². The van der Waals surface area contributed by atoms with Crippen LogP contribution in [-0.4, -0.2) is 9.49 Å². The highest BCUT2D eigenvalue weighted by atomic mass is 32.1. The molecule has 0 N–H and O–H groups in total. The Kier molecular flexibility index (Phi) is 5.67. The SMILES string of the molecule is O=[N+]([O-])c1cccc(-c2csc(=NCc3ccccc3)n2C2CCCCC2)c1. The summed E-state index contributed by atoms with van der Waals surface area (Å²) < 4.78 is 2.33. The predicted octanol–water partition coefficient (Wildman–Crippen LogP) is 5.73. The summed E-state index contributed by atoms with van der Waals surface area (Å²) in [5.41, 5.74) is 3.23. The van der Waals surface area contributed by atoms with Gasteiger partial charge < -0.3 is 4.57 Å². The van der Waals surface area contributed by atoms with Gasteiger partial charge in [-0.3, -0.25) is 15.1 Å². The van der Waals surface area contributed by atoms with Gasteiger partial charge in [-0.2, -0.15) is 0 Å². The number of hydrogen-bond acceptors (Lipinski definition) is 4. The predicted molar refractivity (Wildman–Crippen MR) is 112 cm³/mol. The van der Waals surface area contributed by atoms with E-state index in [4.69, 9.17) is 4.99 Å². The monoisotopic (exact) mass is 393 g/mol. The molecule has 2 aromatic carbocycles. The normalized spacial score (nSPS) is 15.6. The molecule has 0 saturated heterocycles. The Balaban J connectivity index is 1.77. The Hall–Kier alpha value is -2.73. The molecule has 1 fully saturated rings. The molecule has 1 saturated carbocycles. The lowest BCUT2D eigenvalue weighted by molar-refractivity contribution is -0.384. The van der Waals surface area contributed by atoms with Gasteiger partial charge in [-0.25, -0.2) is 0 Å². The van der Waals surface area contributed by atoms with Crippen LogP contribution in [0.25, 0.3) is 11.3 Å². The largest absolute Gasteiger partial charge is 0.314 e. The molecule has 6 heteroatoms. The summed E-state index contributed by atoms with van der Waals surface area (Å²) in [6.45, 7) is 0.641. The molecule has 1 heterocycles. The smallest absolute Gasteiger partial charge is 0.270 e. The first kappa shape index (κ1) is 18.6. The van der Waals surface area contributed by atoms with Crippen LogP contribution in [0.1, 0.15) is 43.7 Å². The molecule has 0 aliphatic heterocycles. The van der Waals surface area contributed by atoms with E-state index in [-0.39, 0.29) is 10.6 Å². The Morgan fingerprint density at radius 2 is 1.86 bits per heavy atom. The van der Waals surface area contributed by atoms with Gasteiger partial charge in [0.05, 0.1) is 17.2 Å². The molecule has 0 amide bonds. The van der Waals surface area contributed by atoms with Crippen LogP contribution in [0, 0.1) is 10.1 Å². The third-order valence-electron chi connectivity index (χ3n) is 5.27. The molecule has 0 bridgehead atoms. The van der Waals surface area contributed by atoms with Crippen molar-refractivity contribution >= 4 is 17.0 Å². The number of non-ortho nitro benzene ring substituents is 1. The standard InChI is InChI=1S/C22H23N3O2S/c26-25(27)20-13-7-10-18(14-20)21-16-28-22(23-15-17-8-3-1-4-9-17)24(21)19-11-5-2-6-12-19/h1,3-4,7-10,13-14,16,19H,2,5-6,11-12,15H2. The summed E-state index contributed by atoms with van der Waals surface area (Å²) in [6, 6.07) is 17.6. The van der Waals surface area contributed by atoms with E-state index in [1.165, 1.54) is 24.8 Å². The molecule has 1 aliphatic carbocycles. The van der Waals surface area contributed by atoms with E-state index in [9.17, 15) is 10.1 Å². The van der Waals surface area contributed by atoms with Crippen LogP contribution < -0.4 is 4.80 Å². The molecule has 0 unspecified atom stereocenters. The molecular weight excluding hydrogens is 370 g/mol. The lowest BCUT2D eigenvalue weighted by atomic mass is 9.95. The average Bonchev–Trinajstić information content (AvgIpc) is 3.18. The van der Waals surface area contributed by atoms with Crippen LogP contribution in [0.4, 0.5) is 5.69 Å². The lowest BCUT2D eigenvalue weighted by Gasteiger charge is -2.25. The average molecular weight is 394 g/mol. The summed E-state index contributed by atoms with van der Waals surface area (Å²) in [6.07, 6.45) is 6.00. The molecule has 0 atom stereocenters. The minimum atomic E-state index is -0.332. The van der Waals surface area contributed by atoms with Gasteiger partial charge in [-0.05, 0) is 18.4 Å². The molecule has 5 nitrogen and oxygen atoms in total. The number of nitrogens with zero attached hydrogens (tertiary/aromatic N) is 3. The second-order valence-corrected chi connectivity index (χ2v) is 8.01. The zero-order valence-electron chi connectivity index (χ0n) is 15.7. The fourth-order valence-electron chi connectivity index (χ4n) is 3.86. The lowest BCUT2D eigenvalue weighted by Crippen LogP contribution is -2.24. The second kappa shape index (κ2) is 8.52. The second-order valence-electron chi connectivity index (χ2n) is 7.17. The molecule has 0 radical (unpaired) electrons. The molecule has 0 spiro atoms. The van der Waals surface area contributed by atoms with Crippen molar-refractivity contribution in [3.05, 3.63) is 80.5 Å². The molecule has 3 aromatic rings. The van der Waals surface area contributed by atoms with Gasteiger partial charge in [-0.1, -0.05) is 61.7 Å². The van der Waals surface area contributed by atoms with Crippen LogP contribution >= 0.6 is 11.3 Å². The molecule has 144 valence electrons. The minimum Gasteiger partial charge on any atom is -0.314 e. The van der Waals surface area contributed by atoms with Gasteiger partial charge in [0.25, 0.3) is 5.69 Å².